The summed E-state index contributed by atoms with van der Waals surface area (Å²) in [5.41, 5.74) is 0. The van der Waals surface area contributed by atoms with E-state index < -0.39 is 0 Å². The van der Waals surface area contributed by atoms with Gasteiger partial charge in [-0.1, -0.05) is 23.5 Å². The molecule has 0 atom stereocenters. The summed E-state index contributed by atoms with van der Waals surface area (Å²) in [5.74, 6) is 0.724. The van der Waals surface area contributed by atoms with Crippen molar-refractivity contribution in [1.82, 2.24) is 20.5 Å². The summed E-state index contributed by atoms with van der Waals surface area (Å²) in [6, 6.07) is 0. The van der Waals surface area contributed by atoms with Gasteiger partial charge in [-0.3, -0.25) is 14.7 Å². The number of amides is 2. The molecule has 1 aromatic heterocycles. The van der Waals surface area contributed by atoms with Crippen LogP contribution in [0, 0.1) is 6.92 Å². The van der Waals surface area contributed by atoms with E-state index in [4.69, 9.17) is 0 Å². The molecule has 0 aromatic carbocycles. The number of nitrogens with zero attached hydrogens (tertiary/aromatic N) is 3. The average Bonchev–Trinajstić information content (AvgIpc) is 2.85. The molecule has 1 aliphatic rings. The number of thioether (sulfide) groups is 2. The van der Waals surface area contributed by atoms with Crippen LogP contribution in [0.4, 0.5) is 0 Å². The third kappa shape index (κ3) is 3.56. The normalized spacial score (nSPS) is 17.5. The third-order valence-corrected chi connectivity index (χ3v) is 3.42. The summed E-state index contributed by atoms with van der Waals surface area (Å²) >= 11 is 2.43. The molecule has 90 valence electrons. The summed E-state index contributed by atoms with van der Waals surface area (Å²) in [5, 5.41) is 9.94. The molecule has 0 saturated carbocycles. The zero-order valence-corrected chi connectivity index (χ0v) is 10.5. The topological polar surface area (TPSA) is 100 Å². The number of carbonyl (C=O) groups excluding carboxylic acids is 2. The molecule has 2 rings (SSSR count). The number of aliphatic imine (C=N–C) groups is 1. The van der Waals surface area contributed by atoms with Gasteiger partial charge in [0.15, 0.2) is 5.17 Å². The molecule has 2 heterocycles. The van der Waals surface area contributed by atoms with E-state index in [9.17, 15) is 9.59 Å². The number of aromatic nitrogens is 3. The highest BCUT2D eigenvalue weighted by Gasteiger charge is 2.17. The molecule has 17 heavy (non-hydrogen) atoms. The molecule has 9 heteroatoms. The number of hydrogen-bond acceptors (Lipinski definition) is 6. The van der Waals surface area contributed by atoms with Crippen LogP contribution in [0.5, 0.6) is 0 Å². The fourth-order valence-electron chi connectivity index (χ4n) is 1.04. The standard InChI is InChI=1S/C8H9N5O2S2/c1-4-9-8(13-12-4)17-3-6(15)11-7-10-5(14)2-16-7/h2-3H2,1H3,(H,9,12,13)(H,10,11,14,15). The Morgan fingerprint density at radius 1 is 1.65 bits per heavy atom. The second-order valence-corrected chi connectivity index (χ2v) is 5.05. The van der Waals surface area contributed by atoms with Crippen molar-refractivity contribution < 1.29 is 9.59 Å². The molecule has 7 nitrogen and oxygen atoms in total. The Hall–Kier alpha value is -1.35. The van der Waals surface area contributed by atoms with Crippen LogP contribution in [-0.2, 0) is 9.59 Å². The van der Waals surface area contributed by atoms with Crippen LogP contribution in [-0.4, -0.2) is 43.7 Å². The Balaban J connectivity index is 1.83. The fourth-order valence-corrected chi connectivity index (χ4v) is 2.37. The van der Waals surface area contributed by atoms with E-state index in [0.717, 1.165) is 0 Å². The molecule has 1 aromatic rings. The molecule has 2 N–H and O–H groups in total. The van der Waals surface area contributed by atoms with Crippen molar-refractivity contribution in [1.29, 1.82) is 0 Å². The first-order valence-electron chi connectivity index (χ1n) is 4.69. The minimum atomic E-state index is -0.317. The number of carbonyl (C=O) groups is 2. The van der Waals surface area contributed by atoms with Gasteiger partial charge in [0.2, 0.25) is 11.1 Å². The first kappa shape index (κ1) is 12.1. The minimum Gasteiger partial charge on any atom is -0.304 e. The quantitative estimate of drug-likeness (QED) is 0.748. The molecule has 2 amide bonds. The minimum absolute atomic E-state index is 0.126. The number of rotatable bonds is 3. The molecule has 0 aliphatic carbocycles. The second kappa shape index (κ2) is 5.32. The number of hydrogen-bond donors (Lipinski definition) is 2. The van der Waals surface area contributed by atoms with Gasteiger partial charge in [0.1, 0.15) is 5.82 Å². The van der Waals surface area contributed by atoms with Crippen LogP contribution < -0.4 is 5.32 Å². The van der Waals surface area contributed by atoms with Crippen LogP contribution in [0.2, 0.25) is 0 Å². The molecule has 0 unspecified atom stereocenters. The molecule has 0 spiro atoms. The largest absolute Gasteiger partial charge is 0.304 e. The first-order chi connectivity index (χ1) is 8.13. The lowest BCUT2D eigenvalue weighted by Crippen LogP contribution is -2.21. The van der Waals surface area contributed by atoms with Gasteiger partial charge in [0.05, 0.1) is 11.5 Å². The molecule has 1 fully saturated rings. The van der Waals surface area contributed by atoms with Crippen molar-refractivity contribution in [2.24, 2.45) is 4.99 Å². The molecular formula is C8H9N5O2S2. The lowest BCUT2D eigenvalue weighted by molar-refractivity contribution is -0.116. The Morgan fingerprint density at radius 3 is 3.06 bits per heavy atom. The van der Waals surface area contributed by atoms with E-state index >= 15 is 0 Å². The lowest BCUT2D eigenvalue weighted by atomic mass is 10.7. The van der Waals surface area contributed by atoms with Crippen molar-refractivity contribution in [3.8, 4) is 0 Å². The van der Waals surface area contributed by atoms with E-state index in [-0.39, 0.29) is 17.6 Å². The number of nitrogens with one attached hydrogen (secondary N) is 2. The first-order valence-corrected chi connectivity index (χ1v) is 6.66. The van der Waals surface area contributed by atoms with E-state index in [1.807, 2.05) is 0 Å². The van der Waals surface area contributed by atoms with Gasteiger partial charge < -0.3 is 5.32 Å². The van der Waals surface area contributed by atoms with Crippen molar-refractivity contribution in [3.05, 3.63) is 5.82 Å². The smallest absolute Gasteiger partial charge is 0.258 e. The number of aryl methyl sites for hydroxylation is 1. The van der Waals surface area contributed by atoms with Crippen molar-refractivity contribution in [2.45, 2.75) is 12.1 Å². The highest BCUT2D eigenvalue weighted by atomic mass is 32.2. The number of amidine groups is 1. The van der Waals surface area contributed by atoms with Crippen LogP contribution in [0.3, 0.4) is 0 Å². The molecule has 0 radical (unpaired) electrons. The summed E-state index contributed by atoms with van der Waals surface area (Å²) in [6.07, 6.45) is 0. The van der Waals surface area contributed by atoms with Gasteiger partial charge in [0.25, 0.3) is 5.91 Å². The van der Waals surface area contributed by atoms with Crippen LogP contribution in [0.1, 0.15) is 5.82 Å². The summed E-state index contributed by atoms with van der Waals surface area (Å²) in [4.78, 5) is 30.1. The highest BCUT2D eigenvalue weighted by molar-refractivity contribution is 8.15. The monoisotopic (exact) mass is 271 g/mol. The second-order valence-electron chi connectivity index (χ2n) is 3.14. The van der Waals surface area contributed by atoms with Gasteiger partial charge in [-0.15, -0.1) is 5.10 Å². The van der Waals surface area contributed by atoms with Crippen molar-refractivity contribution in [2.75, 3.05) is 11.5 Å². The summed E-state index contributed by atoms with van der Waals surface area (Å²) < 4.78 is 0. The van der Waals surface area contributed by atoms with Gasteiger partial charge >= 0.3 is 0 Å². The highest BCUT2D eigenvalue weighted by Crippen LogP contribution is 2.13. The molecule has 0 bridgehead atoms. The van der Waals surface area contributed by atoms with Crippen LogP contribution >= 0.6 is 23.5 Å². The van der Waals surface area contributed by atoms with Gasteiger partial charge in [-0.05, 0) is 6.92 Å². The third-order valence-electron chi connectivity index (χ3n) is 1.71. The summed E-state index contributed by atoms with van der Waals surface area (Å²) in [7, 11) is 0. The predicted molar refractivity (Wildman–Crippen MR) is 64.9 cm³/mol. The van der Waals surface area contributed by atoms with Crippen molar-refractivity contribution in [3.63, 3.8) is 0 Å². The van der Waals surface area contributed by atoms with Gasteiger partial charge in [-0.25, -0.2) is 4.98 Å². The lowest BCUT2D eigenvalue weighted by Gasteiger charge is -1.94. The Morgan fingerprint density at radius 2 is 2.47 bits per heavy atom. The zero-order valence-electron chi connectivity index (χ0n) is 8.89. The Kier molecular flexibility index (Phi) is 3.79. The van der Waals surface area contributed by atoms with Gasteiger partial charge in [-0.2, -0.15) is 4.99 Å². The van der Waals surface area contributed by atoms with Gasteiger partial charge in [0, 0.05) is 0 Å². The molecule has 1 saturated heterocycles. The number of aromatic amines is 1. The zero-order chi connectivity index (χ0) is 12.3. The van der Waals surface area contributed by atoms with Crippen LogP contribution in [0.15, 0.2) is 10.1 Å². The number of H-pyrrole nitrogens is 1. The maximum atomic E-state index is 11.4. The molecular weight excluding hydrogens is 262 g/mol. The van der Waals surface area contributed by atoms with Crippen molar-refractivity contribution >= 4 is 40.5 Å². The Bertz CT molecular complexity index is 484. The average molecular weight is 271 g/mol. The molecule has 1 aliphatic heterocycles. The Labute approximate surface area is 105 Å². The summed E-state index contributed by atoms with van der Waals surface area (Å²) in [6.45, 7) is 1.78. The van der Waals surface area contributed by atoms with E-state index in [1.165, 1.54) is 23.5 Å². The van der Waals surface area contributed by atoms with E-state index in [0.29, 0.717) is 21.9 Å². The predicted octanol–water partition coefficient (Wildman–Crippen LogP) is -0.0492. The maximum absolute atomic E-state index is 11.4. The van der Waals surface area contributed by atoms with E-state index in [1.54, 1.807) is 6.92 Å². The fraction of sp³-hybridized carbons (Fsp3) is 0.375. The SMILES string of the molecule is Cc1nc(SCC(=O)N=C2NC(=O)CS2)n[nH]1. The van der Waals surface area contributed by atoms with Crippen LogP contribution in [0.25, 0.3) is 0 Å². The van der Waals surface area contributed by atoms with E-state index in [2.05, 4.69) is 25.5 Å². The maximum Gasteiger partial charge on any atom is 0.258 e.